The Morgan fingerprint density at radius 1 is 1.23 bits per heavy atom. The Balaban J connectivity index is 1.51. The Hall–Kier alpha value is -2.27. The predicted octanol–water partition coefficient (Wildman–Crippen LogP) is 4.60. The molecule has 1 aliphatic rings. The molecule has 3 aromatic rings. The number of hydrogen-bond acceptors (Lipinski definition) is 4. The number of aromatic nitrogens is 2. The van der Waals surface area contributed by atoms with E-state index in [0.717, 1.165) is 46.9 Å². The van der Waals surface area contributed by atoms with Crippen LogP contribution >= 0.6 is 11.3 Å². The average molecular weight is 366 g/mol. The molecule has 4 nitrogen and oxygen atoms in total. The second kappa shape index (κ2) is 7.16. The molecule has 2 aromatic heterocycles. The lowest BCUT2D eigenvalue weighted by Crippen LogP contribution is -2.30. The van der Waals surface area contributed by atoms with Gasteiger partial charge in [0.05, 0.1) is 10.7 Å². The van der Waals surface area contributed by atoms with E-state index in [4.69, 9.17) is 4.98 Å². The number of rotatable bonds is 4. The fourth-order valence-electron chi connectivity index (χ4n) is 3.57. The number of carbonyl (C=O) groups excluding carboxylic acids is 1. The summed E-state index contributed by atoms with van der Waals surface area (Å²) >= 11 is 1.69. The molecule has 0 saturated carbocycles. The van der Waals surface area contributed by atoms with E-state index in [2.05, 4.69) is 30.1 Å². The summed E-state index contributed by atoms with van der Waals surface area (Å²) in [6.07, 6.45) is 3.39. The first-order valence-corrected chi connectivity index (χ1v) is 10.0. The topological polar surface area (TPSA) is 46.1 Å². The number of pyridine rings is 1. The first-order chi connectivity index (χ1) is 12.6. The SMILES string of the molecule is Cc1cc2sc([C@H]3CCCN3C(=O)CCc3ccccc3)nc2nc1C. The third-order valence-electron chi connectivity index (χ3n) is 5.17. The normalized spacial score (nSPS) is 17.2. The van der Waals surface area contributed by atoms with Crippen LogP contribution in [0.4, 0.5) is 0 Å². The van der Waals surface area contributed by atoms with Crippen LogP contribution < -0.4 is 0 Å². The highest BCUT2D eigenvalue weighted by Crippen LogP contribution is 2.36. The Labute approximate surface area is 157 Å². The van der Waals surface area contributed by atoms with Crippen molar-refractivity contribution in [2.45, 2.75) is 45.6 Å². The number of likely N-dealkylation sites (tertiary alicyclic amines) is 1. The van der Waals surface area contributed by atoms with Crippen LogP contribution in [0.5, 0.6) is 0 Å². The van der Waals surface area contributed by atoms with Crippen LogP contribution in [-0.2, 0) is 11.2 Å². The average Bonchev–Trinajstić information content (AvgIpc) is 3.27. The second-order valence-electron chi connectivity index (χ2n) is 7.00. The molecule has 0 unspecified atom stereocenters. The summed E-state index contributed by atoms with van der Waals surface area (Å²) in [5.41, 5.74) is 4.25. The number of nitrogens with zero attached hydrogens (tertiary/aromatic N) is 3. The fraction of sp³-hybridized carbons (Fsp3) is 0.381. The van der Waals surface area contributed by atoms with Gasteiger partial charge in [-0.1, -0.05) is 30.3 Å². The first-order valence-electron chi connectivity index (χ1n) is 9.20. The molecule has 26 heavy (non-hydrogen) atoms. The van der Waals surface area contributed by atoms with Crippen molar-refractivity contribution < 1.29 is 4.79 Å². The molecular weight excluding hydrogens is 342 g/mol. The number of carbonyl (C=O) groups is 1. The Bertz CT molecular complexity index is 896. The van der Waals surface area contributed by atoms with Crippen molar-refractivity contribution in [2.75, 3.05) is 6.54 Å². The maximum Gasteiger partial charge on any atom is 0.223 e. The maximum absolute atomic E-state index is 12.8. The van der Waals surface area contributed by atoms with Crippen LogP contribution in [0, 0.1) is 13.8 Å². The standard InChI is InChI=1S/C21H23N3OS/c1-14-13-18-20(22-15(14)2)23-21(26-18)17-9-6-12-24(17)19(25)11-10-16-7-4-3-5-8-16/h3-5,7-8,13,17H,6,9-12H2,1-2H3/t17-/m1/s1. The molecule has 5 heteroatoms. The molecule has 1 aliphatic heterocycles. The molecular formula is C21H23N3OS. The van der Waals surface area contributed by atoms with Gasteiger partial charge < -0.3 is 4.90 Å². The summed E-state index contributed by atoms with van der Waals surface area (Å²) in [5, 5.41) is 1.03. The minimum atomic E-state index is 0.109. The lowest BCUT2D eigenvalue weighted by molar-refractivity contribution is -0.132. The molecule has 1 amide bonds. The van der Waals surface area contributed by atoms with Crippen LogP contribution in [-0.4, -0.2) is 27.3 Å². The highest BCUT2D eigenvalue weighted by atomic mass is 32.1. The zero-order valence-electron chi connectivity index (χ0n) is 15.2. The highest BCUT2D eigenvalue weighted by Gasteiger charge is 2.32. The smallest absolute Gasteiger partial charge is 0.223 e. The van der Waals surface area contributed by atoms with Gasteiger partial charge in [0.15, 0.2) is 5.65 Å². The lowest BCUT2D eigenvalue weighted by Gasteiger charge is -2.23. The van der Waals surface area contributed by atoms with Crippen LogP contribution in [0.3, 0.4) is 0 Å². The van der Waals surface area contributed by atoms with Gasteiger partial charge in [0.1, 0.15) is 5.01 Å². The van der Waals surface area contributed by atoms with Gasteiger partial charge in [-0.05, 0) is 50.3 Å². The number of fused-ring (bicyclic) bond motifs is 1. The summed E-state index contributed by atoms with van der Waals surface area (Å²) < 4.78 is 1.12. The van der Waals surface area contributed by atoms with Gasteiger partial charge in [0.25, 0.3) is 0 Å². The third kappa shape index (κ3) is 3.36. The van der Waals surface area contributed by atoms with Crippen molar-refractivity contribution in [3.8, 4) is 0 Å². The van der Waals surface area contributed by atoms with Crippen molar-refractivity contribution in [1.82, 2.24) is 14.9 Å². The van der Waals surface area contributed by atoms with Crippen LogP contribution in [0.2, 0.25) is 0 Å². The van der Waals surface area contributed by atoms with Gasteiger partial charge in [0.2, 0.25) is 5.91 Å². The number of thiazole rings is 1. The molecule has 0 N–H and O–H groups in total. The van der Waals surface area contributed by atoms with E-state index < -0.39 is 0 Å². The monoisotopic (exact) mass is 365 g/mol. The maximum atomic E-state index is 12.8. The molecule has 4 rings (SSSR count). The van der Waals surface area contributed by atoms with E-state index in [9.17, 15) is 4.79 Å². The molecule has 1 aromatic carbocycles. The predicted molar refractivity (Wildman–Crippen MR) is 105 cm³/mol. The second-order valence-corrected chi connectivity index (χ2v) is 8.06. The molecule has 1 atom stereocenters. The van der Waals surface area contributed by atoms with Gasteiger partial charge in [-0.3, -0.25) is 4.79 Å². The van der Waals surface area contributed by atoms with Crippen molar-refractivity contribution in [3.05, 3.63) is 58.2 Å². The summed E-state index contributed by atoms with van der Waals surface area (Å²) in [7, 11) is 0. The van der Waals surface area contributed by atoms with Crippen molar-refractivity contribution >= 4 is 27.6 Å². The molecule has 3 heterocycles. The zero-order valence-corrected chi connectivity index (χ0v) is 16.1. The summed E-state index contributed by atoms with van der Waals surface area (Å²) in [6, 6.07) is 12.5. The van der Waals surface area contributed by atoms with Crippen molar-refractivity contribution in [3.63, 3.8) is 0 Å². The Morgan fingerprint density at radius 3 is 2.85 bits per heavy atom. The van der Waals surface area contributed by atoms with Crippen LogP contribution in [0.15, 0.2) is 36.4 Å². The Kier molecular flexibility index (Phi) is 4.72. The summed E-state index contributed by atoms with van der Waals surface area (Å²) in [5.74, 6) is 0.232. The first kappa shape index (κ1) is 17.2. The molecule has 0 radical (unpaired) electrons. The number of hydrogen-bond donors (Lipinski definition) is 0. The van der Waals surface area contributed by atoms with E-state index >= 15 is 0 Å². The molecule has 1 saturated heterocycles. The molecule has 134 valence electrons. The quantitative estimate of drug-likeness (QED) is 0.678. The van der Waals surface area contributed by atoms with Crippen LogP contribution in [0.25, 0.3) is 10.3 Å². The Morgan fingerprint density at radius 2 is 2.04 bits per heavy atom. The highest BCUT2D eigenvalue weighted by molar-refractivity contribution is 7.18. The molecule has 0 aliphatic carbocycles. The van der Waals surface area contributed by atoms with Crippen molar-refractivity contribution in [1.29, 1.82) is 0 Å². The third-order valence-corrected chi connectivity index (χ3v) is 6.26. The molecule has 0 bridgehead atoms. The van der Waals surface area contributed by atoms with Gasteiger partial charge in [-0.25, -0.2) is 9.97 Å². The van der Waals surface area contributed by atoms with Crippen molar-refractivity contribution in [2.24, 2.45) is 0 Å². The van der Waals surface area contributed by atoms with E-state index in [-0.39, 0.29) is 11.9 Å². The largest absolute Gasteiger partial charge is 0.333 e. The molecule has 1 fully saturated rings. The number of benzene rings is 1. The van der Waals surface area contributed by atoms with E-state index in [1.165, 1.54) is 11.1 Å². The van der Waals surface area contributed by atoms with Crippen LogP contribution in [0.1, 0.15) is 47.1 Å². The summed E-state index contributed by atoms with van der Waals surface area (Å²) in [6.45, 7) is 4.93. The lowest BCUT2D eigenvalue weighted by atomic mass is 10.1. The minimum absolute atomic E-state index is 0.109. The van der Waals surface area contributed by atoms with E-state index in [0.29, 0.717) is 6.42 Å². The summed E-state index contributed by atoms with van der Waals surface area (Å²) in [4.78, 5) is 24.2. The van der Waals surface area contributed by atoms with Gasteiger partial charge in [-0.15, -0.1) is 11.3 Å². The minimum Gasteiger partial charge on any atom is -0.333 e. The van der Waals surface area contributed by atoms with E-state index in [1.54, 1.807) is 11.3 Å². The van der Waals surface area contributed by atoms with Gasteiger partial charge in [0, 0.05) is 18.7 Å². The fourth-order valence-corrected chi connectivity index (χ4v) is 4.72. The van der Waals surface area contributed by atoms with E-state index in [1.807, 2.05) is 30.0 Å². The zero-order chi connectivity index (χ0) is 18.1. The number of aryl methyl sites for hydroxylation is 3. The molecule has 0 spiro atoms. The number of amides is 1. The van der Waals surface area contributed by atoms with Gasteiger partial charge >= 0.3 is 0 Å². The van der Waals surface area contributed by atoms with Gasteiger partial charge in [-0.2, -0.15) is 0 Å².